The fourth-order valence-corrected chi connectivity index (χ4v) is 2.65. The first-order valence-electron chi connectivity index (χ1n) is 7.91. The van der Waals surface area contributed by atoms with Crippen molar-refractivity contribution in [3.8, 4) is 11.3 Å². The molecule has 2 amide bonds. The van der Waals surface area contributed by atoms with Crippen LogP contribution in [-0.2, 0) is 0 Å². The molecule has 0 atom stereocenters. The van der Waals surface area contributed by atoms with Crippen molar-refractivity contribution in [1.82, 2.24) is 14.4 Å². The van der Waals surface area contributed by atoms with Gasteiger partial charge in [0.05, 0.1) is 5.69 Å². The van der Waals surface area contributed by atoms with Crippen LogP contribution in [0.4, 0.5) is 16.2 Å². The van der Waals surface area contributed by atoms with E-state index in [2.05, 4.69) is 20.6 Å². The number of rotatable bonds is 3. The Kier molecular flexibility index (Phi) is 4.25. The topological polar surface area (TPSA) is 71.3 Å². The summed E-state index contributed by atoms with van der Waals surface area (Å²) in [4.78, 5) is 20.7. The van der Waals surface area contributed by atoms with Crippen molar-refractivity contribution in [3.63, 3.8) is 0 Å². The van der Waals surface area contributed by atoms with Gasteiger partial charge >= 0.3 is 6.03 Å². The van der Waals surface area contributed by atoms with Gasteiger partial charge in [-0.25, -0.2) is 14.8 Å². The van der Waals surface area contributed by atoms with Crippen molar-refractivity contribution in [2.45, 2.75) is 0 Å². The maximum absolute atomic E-state index is 12.1. The normalized spacial score (nSPS) is 10.7. The number of anilines is 2. The lowest BCUT2D eigenvalue weighted by atomic mass is 10.1. The lowest BCUT2D eigenvalue weighted by Gasteiger charge is -2.08. The largest absolute Gasteiger partial charge is 0.323 e. The average molecular weight is 364 g/mol. The minimum Gasteiger partial charge on any atom is -0.308 e. The third-order valence-corrected chi connectivity index (χ3v) is 4.03. The van der Waals surface area contributed by atoms with Gasteiger partial charge in [0.15, 0.2) is 0 Å². The number of carbonyl (C=O) groups excluding carboxylic acids is 1. The fraction of sp³-hybridized carbons (Fsp3) is 0. The molecular formula is C19H14ClN5O. The maximum atomic E-state index is 12.1. The summed E-state index contributed by atoms with van der Waals surface area (Å²) < 4.78 is 1.86. The fourth-order valence-electron chi connectivity index (χ4n) is 2.52. The van der Waals surface area contributed by atoms with Crippen molar-refractivity contribution in [2.24, 2.45) is 0 Å². The Hall–Kier alpha value is -3.38. The summed E-state index contributed by atoms with van der Waals surface area (Å²) in [6, 6.07) is 15.9. The van der Waals surface area contributed by atoms with Gasteiger partial charge in [-0.1, -0.05) is 23.7 Å². The molecule has 4 rings (SSSR count). The van der Waals surface area contributed by atoms with Gasteiger partial charge in [-0.3, -0.25) is 4.40 Å². The smallest absolute Gasteiger partial charge is 0.308 e. The van der Waals surface area contributed by atoms with Crippen LogP contribution >= 0.6 is 11.6 Å². The highest BCUT2D eigenvalue weighted by Gasteiger charge is 2.06. The molecule has 0 fully saturated rings. The summed E-state index contributed by atoms with van der Waals surface area (Å²) in [5, 5.41) is 6.16. The summed E-state index contributed by atoms with van der Waals surface area (Å²) in [5.74, 6) is 0.645. The van der Waals surface area contributed by atoms with Crippen LogP contribution in [0.1, 0.15) is 0 Å². The van der Waals surface area contributed by atoms with E-state index in [4.69, 9.17) is 11.6 Å². The Labute approximate surface area is 154 Å². The molecule has 0 aliphatic carbocycles. The summed E-state index contributed by atoms with van der Waals surface area (Å²) in [6.07, 6.45) is 5.52. The average Bonchev–Trinajstić information content (AvgIpc) is 3.08. The zero-order valence-electron chi connectivity index (χ0n) is 13.6. The first-order valence-corrected chi connectivity index (χ1v) is 8.29. The number of hydrogen-bond acceptors (Lipinski definition) is 3. The molecule has 0 saturated carbocycles. The van der Waals surface area contributed by atoms with E-state index in [-0.39, 0.29) is 6.03 Å². The highest BCUT2D eigenvalue weighted by atomic mass is 35.5. The SMILES string of the molecule is O=C(Nc1ccc(Cl)cc1)Nc1ccc(-c2cn3cccnc3n2)cc1. The quantitative estimate of drug-likeness (QED) is 0.554. The lowest BCUT2D eigenvalue weighted by molar-refractivity contribution is 0.262. The molecule has 6 nitrogen and oxygen atoms in total. The summed E-state index contributed by atoms with van der Waals surface area (Å²) in [7, 11) is 0. The second-order valence-corrected chi connectivity index (χ2v) is 6.05. The zero-order valence-corrected chi connectivity index (χ0v) is 14.3. The number of imidazole rings is 1. The summed E-state index contributed by atoms with van der Waals surface area (Å²) in [6.45, 7) is 0. The van der Waals surface area contributed by atoms with Crippen LogP contribution in [0.5, 0.6) is 0 Å². The van der Waals surface area contributed by atoms with E-state index < -0.39 is 0 Å². The Morgan fingerprint density at radius 2 is 1.62 bits per heavy atom. The molecule has 0 radical (unpaired) electrons. The number of nitrogens with zero attached hydrogens (tertiary/aromatic N) is 3. The molecule has 2 aromatic carbocycles. The van der Waals surface area contributed by atoms with E-state index in [1.165, 1.54) is 0 Å². The standard InChI is InChI=1S/C19H14ClN5O/c20-14-4-8-16(9-5-14)23-19(26)22-15-6-2-13(3-7-15)17-12-25-11-1-10-21-18(25)24-17/h1-12H,(H2,22,23,26). The second-order valence-electron chi connectivity index (χ2n) is 5.62. The van der Waals surface area contributed by atoms with Gasteiger partial charge in [-0.05, 0) is 42.5 Å². The lowest BCUT2D eigenvalue weighted by Crippen LogP contribution is -2.19. The van der Waals surface area contributed by atoms with Gasteiger partial charge in [0.1, 0.15) is 0 Å². The van der Waals surface area contributed by atoms with Crippen LogP contribution in [0.2, 0.25) is 5.02 Å². The third kappa shape index (κ3) is 3.50. The van der Waals surface area contributed by atoms with E-state index in [1.807, 2.05) is 47.1 Å². The number of amides is 2. The van der Waals surface area contributed by atoms with Gasteiger partial charge in [0, 0.05) is 40.6 Å². The first-order chi connectivity index (χ1) is 12.7. The van der Waals surface area contributed by atoms with Crippen molar-refractivity contribution in [3.05, 3.63) is 78.2 Å². The predicted molar refractivity (Wildman–Crippen MR) is 103 cm³/mol. The van der Waals surface area contributed by atoms with E-state index in [9.17, 15) is 4.79 Å². The summed E-state index contributed by atoms with van der Waals surface area (Å²) in [5.41, 5.74) is 3.11. The van der Waals surface area contributed by atoms with Crippen molar-refractivity contribution in [2.75, 3.05) is 10.6 Å². The molecule has 4 aromatic rings. The van der Waals surface area contributed by atoms with Gasteiger partial charge < -0.3 is 10.6 Å². The predicted octanol–water partition coefficient (Wildman–Crippen LogP) is 4.69. The maximum Gasteiger partial charge on any atom is 0.323 e. The monoisotopic (exact) mass is 363 g/mol. The van der Waals surface area contributed by atoms with Crippen LogP contribution in [0.3, 0.4) is 0 Å². The van der Waals surface area contributed by atoms with Crippen molar-refractivity contribution < 1.29 is 4.79 Å². The summed E-state index contributed by atoms with van der Waals surface area (Å²) >= 11 is 5.83. The highest BCUT2D eigenvalue weighted by molar-refractivity contribution is 6.30. The number of hydrogen-bond donors (Lipinski definition) is 2. The number of halogens is 1. The molecule has 7 heteroatoms. The molecule has 26 heavy (non-hydrogen) atoms. The minimum absolute atomic E-state index is 0.322. The van der Waals surface area contributed by atoms with E-state index in [0.717, 1.165) is 11.3 Å². The number of carbonyl (C=O) groups is 1. The molecule has 0 bridgehead atoms. The van der Waals surface area contributed by atoms with Crippen LogP contribution in [0, 0.1) is 0 Å². The van der Waals surface area contributed by atoms with E-state index in [1.54, 1.807) is 30.5 Å². The van der Waals surface area contributed by atoms with Gasteiger partial charge in [-0.2, -0.15) is 0 Å². The van der Waals surface area contributed by atoms with Crippen LogP contribution in [-0.4, -0.2) is 20.4 Å². The van der Waals surface area contributed by atoms with Crippen LogP contribution in [0.15, 0.2) is 73.2 Å². The molecule has 0 aliphatic rings. The molecule has 0 aliphatic heterocycles. The van der Waals surface area contributed by atoms with Crippen molar-refractivity contribution in [1.29, 1.82) is 0 Å². The minimum atomic E-state index is -0.322. The molecule has 0 saturated heterocycles. The molecule has 128 valence electrons. The third-order valence-electron chi connectivity index (χ3n) is 3.78. The Morgan fingerprint density at radius 3 is 2.27 bits per heavy atom. The van der Waals surface area contributed by atoms with Crippen LogP contribution in [0.25, 0.3) is 17.0 Å². The number of aromatic nitrogens is 3. The molecule has 0 spiro atoms. The van der Waals surface area contributed by atoms with Gasteiger partial charge in [-0.15, -0.1) is 0 Å². The number of nitrogens with one attached hydrogen (secondary N) is 2. The Bertz CT molecular complexity index is 1020. The number of benzene rings is 2. The number of fused-ring (bicyclic) bond motifs is 1. The second kappa shape index (κ2) is 6.85. The Morgan fingerprint density at radius 1 is 0.962 bits per heavy atom. The molecule has 2 N–H and O–H groups in total. The van der Waals surface area contributed by atoms with Gasteiger partial charge in [0.2, 0.25) is 5.78 Å². The van der Waals surface area contributed by atoms with Crippen LogP contribution < -0.4 is 10.6 Å². The van der Waals surface area contributed by atoms with E-state index in [0.29, 0.717) is 22.2 Å². The molecule has 2 aromatic heterocycles. The molecular weight excluding hydrogens is 350 g/mol. The molecule has 0 unspecified atom stereocenters. The highest BCUT2D eigenvalue weighted by Crippen LogP contribution is 2.21. The Balaban J connectivity index is 1.45. The van der Waals surface area contributed by atoms with Crippen molar-refractivity contribution >= 4 is 34.8 Å². The zero-order chi connectivity index (χ0) is 17.9. The van der Waals surface area contributed by atoms with E-state index >= 15 is 0 Å². The molecule has 2 heterocycles. The van der Waals surface area contributed by atoms with Gasteiger partial charge in [0.25, 0.3) is 0 Å². The first kappa shape index (κ1) is 16.1. The number of urea groups is 1.